The van der Waals surface area contributed by atoms with E-state index in [-0.39, 0.29) is 5.95 Å². The monoisotopic (exact) mass is 329 g/mol. The lowest BCUT2D eigenvalue weighted by Gasteiger charge is -2.10. The van der Waals surface area contributed by atoms with Gasteiger partial charge in [-0.15, -0.1) is 0 Å². The van der Waals surface area contributed by atoms with E-state index in [4.69, 9.17) is 10.5 Å². The van der Waals surface area contributed by atoms with Gasteiger partial charge in [-0.1, -0.05) is 28.1 Å². The van der Waals surface area contributed by atoms with Crippen molar-refractivity contribution < 1.29 is 4.74 Å². The fourth-order valence-electron chi connectivity index (χ4n) is 1.97. The Balaban J connectivity index is 2.10. The number of para-hydroxylation sites is 1. The third-order valence-electron chi connectivity index (χ3n) is 2.93. The summed E-state index contributed by atoms with van der Waals surface area (Å²) < 4.78 is 6.92. The Morgan fingerprint density at radius 1 is 1.10 bits per heavy atom. The number of nitrogens with two attached hydrogens (primary N) is 1. The van der Waals surface area contributed by atoms with Crippen LogP contribution in [0, 0.1) is 6.92 Å². The Hall–Kier alpha value is -2.14. The summed E-state index contributed by atoms with van der Waals surface area (Å²) in [6.45, 7) is 1.98. The van der Waals surface area contributed by atoms with E-state index in [0.717, 1.165) is 26.7 Å². The fraction of sp³-hybridized carbons (Fsp3) is 0.0667. The Morgan fingerprint density at radius 3 is 2.70 bits per heavy atom. The van der Waals surface area contributed by atoms with Crippen LogP contribution in [0.15, 0.2) is 46.9 Å². The minimum Gasteiger partial charge on any atom is -0.438 e. The summed E-state index contributed by atoms with van der Waals surface area (Å²) in [6, 6.07) is 13.4. The highest BCUT2D eigenvalue weighted by atomic mass is 79.9. The zero-order valence-electron chi connectivity index (χ0n) is 10.8. The second-order valence-corrected chi connectivity index (χ2v) is 5.33. The standard InChI is InChI=1S/C15H12BrN3O/c1-9-8-10(16)6-7-13(9)20-14-11-4-2-3-5-12(11)18-15(17)19-14/h2-8H,1H3,(H2,17,18,19). The molecule has 0 saturated heterocycles. The molecule has 0 spiro atoms. The maximum Gasteiger partial charge on any atom is 0.231 e. The van der Waals surface area contributed by atoms with Gasteiger partial charge >= 0.3 is 0 Å². The van der Waals surface area contributed by atoms with Crippen molar-refractivity contribution in [3.8, 4) is 11.6 Å². The van der Waals surface area contributed by atoms with Crippen LogP contribution in [0.4, 0.5) is 5.95 Å². The van der Waals surface area contributed by atoms with Crippen LogP contribution in [0.5, 0.6) is 11.6 Å². The highest BCUT2D eigenvalue weighted by molar-refractivity contribution is 9.10. The van der Waals surface area contributed by atoms with E-state index in [9.17, 15) is 0 Å². The van der Waals surface area contributed by atoms with Crippen molar-refractivity contribution in [2.45, 2.75) is 6.92 Å². The summed E-state index contributed by atoms with van der Waals surface area (Å²) in [5.74, 6) is 1.42. The number of aryl methyl sites for hydroxylation is 1. The summed E-state index contributed by atoms with van der Waals surface area (Å²) in [5.41, 5.74) is 7.51. The lowest BCUT2D eigenvalue weighted by molar-refractivity contribution is 0.465. The fourth-order valence-corrected chi connectivity index (χ4v) is 2.45. The summed E-state index contributed by atoms with van der Waals surface area (Å²) in [7, 11) is 0. The normalized spacial score (nSPS) is 10.7. The lowest BCUT2D eigenvalue weighted by Crippen LogP contribution is -1.99. The first-order valence-corrected chi connectivity index (χ1v) is 6.89. The van der Waals surface area contributed by atoms with Gasteiger partial charge in [0.15, 0.2) is 0 Å². The van der Waals surface area contributed by atoms with Crippen LogP contribution in [0.2, 0.25) is 0 Å². The Labute approximate surface area is 124 Å². The molecule has 2 aromatic carbocycles. The molecule has 100 valence electrons. The van der Waals surface area contributed by atoms with Crippen molar-refractivity contribution in [2.75, 3.05) is 5.73 Å². The van der Waals surface area contributed by atoms with Crippen LogP contribution in [0.25, 0.3) is 10.9 Å². The highest BCUT2D eigenvalue weighted by Crippen LogP contribution is 2.30. The summed E-state index contributed by atoms with van der Waals surface area (Å²) >= 11 is 3.43. The van der Waals surface area contributed by atoms with Gasteiger partial charge in [-0.2, -0.15) is 4.98 Å². The zero-order valence-corrected chi connectivity index (χ0v) is 12.4. The average Bonchev–Trinajstić information content (AvgIpc) is 2.41. The molecule has 0 aliphatic carbocycles. The molecule has 0 aliphatic heterocycles. The molecule has 0 aliphatic rings. The number of halogens is 1. The smallest absolute Gasteiger partial charge is 0.231 e. The quantitative estimate of drug-likeness (QED) is 0.769. The van der Waals surface area contributed by atoms with Gasteiger partial charge in [0.1, 0.15) is 5.75 Å². The largest absolute Gasteiger partial charge is 0.438 e. The summed E-state index contributed by atoms with van der Waals surface area (Å²) in [4.78, 5) is 8.39. The van der Waals surface area contributed by atoms with Crippen LogP contribution in [0.3, 0.4) is 0 Å². The maximum absolute atomic E-state index is 5.91. The topological polar surface area (TPSA) is 61.0 Å². The molecule has 20 heavy (non-hydrogen) atoms. The predicted octanol–water partition coefficient (Wildman–Crippen LogP) is 4.08. The molecule has 3 aromatic rings. The van der Waals surface area contributed by atoms with Crippen molar-refractivity contribution in [2.24, 2.45) is 0 Å². The van der Waals surface area contributed by atoms with E-state index in [1.54, 1.807) is 0 Å². The molecule has 0 atom stereocenters. The molecule has 4 nitrogen and oxygen atoms in total. The number of nitrogen functional groups attached to an aromatic ring is 1. The first kappa shape index (κ1) is 12.9. The van der Waals surface area contributed by atoms with Crippen molar-refractivity contribution >= 4 is 32.8 Å². The number of nitrogens with zero attached hydrogens (tertiary/aromatic N) is 2. The van der Waals surface area contributed by atoms with E-state index >= 15 is 0 Å². The molecule has 0 unspecified atom stereocenters. The molecule has 0 fully saturated rings. The SMILES string of the molecule is Cc1cc(Br)ccc1Oc1nc(N)nc2ccccc12. The van der Waals surface area contributed by atoms with Crippen LogP contribution in [-0.2, 0) is 0 Å². The molecule has 0 bridgehead atoms. The second kappa shape index (κ2) is 5.09. The summed E-state index contributed by atoms with van der Waals surface area (Å²) in [6.07, 6.45) is 0. The van der Waals surface area contributed by atoms with E-state index in [1.807, 2.05) is 49.4 Å². The molecule has 0 saturated carbocycles. The van der Waals surface area contributed by atoms with Gasteiger partial charge in [0.2, 0.25) is 11.8 Å². The molecular formula is C15H12BrN3O. The molecule has 1 aromatic heterocycles. The first-order chi connectivity index (χ1) is 9.63. The minimum atomic E-state index is 0.202. The maximum atomic E-state index is 5.91. The van der Waals surface area contributed by atoms with Gasteiger partial charge in [0.25, 0.3) is 0 Å². The van der Waals surface area contributed by atoms with Crippen molar-refractivity contribution in [1.82, 2.24) is 9.97 Å². The molecule has 1 heterocycles. The Morgan fingerprint density at radius 2 is 1.90 bits per heavy atom. The van der Waals surface area contributed by atoms with Gasteiger partial charge in [-0.05, 0) is 42.8 Å². The van der Waals surface area contributed by atoms with E-state index in [0.29, 0.717) is 5.88 Å². The molecule has 0 amide bonds. The van der Waals surface area contributed by atoms with E-state index in [2.05, 4.69) is 25.9 Å². The summed E-state index contributed by atoms with van der Waals surface area (Å²) in [5, 5.41) is 0.837. The number of fused-ring (bicyclic) bond motifs is 1. The van der Waals surface area contributed by atoms with Gasteiger partial charge in [-0.25, -0.2) is 4.98 Å². The predicted molar refractivity (Wildman–Crippen MR) is 82.9 cm³/mol. The van der Waals surface area contributed by atoms with Crippen molar-refractivity contribution in [3.05, 3.63) is 52.5 Å². The van der Waals surface area contributed by atoms with Crippen LogP contribution < -0.4 is 10.5 Å². The van der Waals surface area contributed by atoms with Gasteiger partial charge in [0, 0.05) is 4.47 Å². The van der Waals surface area contributed by atoms with E-state index in [1.165, 1.54) is 0 Å². The number of anilines is 1. The molecule has 0 radical (unpaired) electrons. The molecule has 5 heteroatoms. The molecule has 3 rings (SSSR count). The number of benzene rings is 2. The van der Waals surface area contributed by atoms with E-state index < -0.39 is 0 Å². The number of aromatic nitrogens is 2. The number of hydrogen-bond acceptors (Lipinski definition) is 4. The number of rotatable bonds is 2. The molecule has 2 N–H and O–H groups in total. The minimum absolute atomic E-state index is 0.202. The van der Waals surface area contributed by atoms with Crippen molar-refractivity contribution in [3.63, 3.8) is 0 Å². The van der Waals surface area contributed by atoms with Gasteiger partial charge < -0.3 is 10.5 Å². The molecular weight excluding hydrogens is 318 g/mol. The highest BCUT2D eigenvalue weighted by Gasteiger charge is 2.09. The Bertz CT molecular complexity index is 789. The average molecular weight is 330 g/mol. The third-order valence-corrected chi connectivity index (χ3v) is 3.42. The zero-order chi connectivity index (χ0) is 14.1. The third kappa shape index (κ3) is 2.44. The lowest BCUT2D eigenvalue weighted by atomic mass is 10.2. The van der Waals surface area contributed by atoms with Crippen molar-refractivity contribution in [1.29, 1.82) is 0 Å². The van der Waals surface area contributed by atoms with Crippen LogP contribution in [-0.4, -0.2) is 9.97 Å². The van der Waals surface area contributed by atoms with Crippen LogP contribution >= 0.6 is 15.9 Å². The van der Waals surface area contributed by atoms with Gasteiger partial charge in [-0.3, -0.25) is 0 Å². The Kier molecular flexibility index (Phi) is 3.28. The van der Waals surface area contributed by atoms with Crippen LogP contribution in [0.1, 0.15) is 5.56 Å². The number of ether oxygens (including phenoxy) is 1. The second-order valence-electron chi connectivity index (χ2n) is 4.42. The first-order valence-electron chi connectivity index (χ1n) is 6.10. The van der Waals surface area contributed by atoms with Gasteiger partial charge in [0.05, 0.1) is 10.9 Å². The number of hydrogen-bond donors (Lipinski definition) is 1.